The fourth-order valence-electron chi connectivity index (χ4n) is 2.32. The third-order valence-corrected chi connectivity index (χ3v) is 4.48. The summed E-state index contributed by atoms with van der Waals surface area (Å²) in [4.78, 5) is 23.0. The Kier molecular flexibility index (Phi) is 5.96. The minimum Gasteiger partial charge on any atom is -0.474 e. The molecule has 1 heterocycles. The van der Waals surface area contributed by atoms with E-state index in [0.717, 1.165) is 12.3 Å². The number of hydrogen-bond donors (Lipinski definition) is 1. The van der Waals surface area contributed by atoms with Crippen LogP contribution in [0.4, 0.5) is 0 Å². The summed E-state index contributed by atoms with van der Waals surface area (Å²) in [6, 6.07) is 6.21. The first kappa shape index (κ1) is 18.4. The van der Waals surface area contributed by atoms with Crippen molar-refractivity contribution in [2.45, 2.75) is 46.0 Å². The van der Waals surface area contributed by atoms with E-state index < -0.39 is 0 Å². The number of likely N-dealkylation sites (N-methyl/N-ethyl adjacent to an activating group) is 2. The third-order valence-electron chi connectivity index (χ3n) is 4.48. The molecule has 1 N–H and O–H groups in total. The van der Waals surface area contributed by atoms with Crippen LogP contribution in [-0.2, 0) is 0 Å². The van der Waals surface area contributed by atoms with Gasteiger partial charge in [0.2, 0.25) is 0 Å². The number of nitrogens with zero attached hydrogens (tertiary/aromatic N) is 3. The van der Waals surface area contributed by atoms with Crippen molar-refractivity contribution in [3.8, 4) is 5.75 Å². The van der Waals surface area contributed by atoms with Gasteiger partial charge < -0.3 is 9.72 Å². The standard InChI is InChI=1S/C18H28N4O2/c1-12(2)21(5)10-17(22(6)13(3)4)24-14-7-8-15-16(9-14)19-11-20-18(15)23/h7-9,11-13,17H,10H2,1-6H3,(H,19,20,23). The molecule has 1 aromatic carbocycles. The second kappa shape index (κ2) is 7.77. The van der Waals surface area contributed by atoms with Gasteiger partial charge in [-0.3, -0.25) is 14.6 Å². The Balaban J connectivity index is 2.26. The van der Waals surface area contributed by atoms with Gasteiger partial charge in [-0.2, -0.15) is 0 Å². The molecule has 132 valence electrons. The number of aromatic nitrogens is 2. The predicted molar refractivity (Wildman–Crippen MR) is 97.4 cm³/mol. The molecule has 0 aliphatic carbocycles. The lowest BCUT2D eigenvalue weighted by molar-refractivity contribution is -0.00305. The first-order chi connectivity index (χ1) is 11.3. The predicted octanol–water partition coefficient (Wildman–Crippen LogP) is 2.31. The van der Waals surface area contributed by atoms with Crippen LogP contribution in [0.25, 0.3) is 10.9 Å². The van der Waals surface area contributed by atoms with E-state index in [1.165, 1.54) is 6.33 Å². The van der Waals surface area contributed by atoms with Crippen molar-refractivity contribution < 1.29 is 4.74 Å². The quantitative estimate of drug-likeness (QED) is 0.789. The normalized spacial score (nSPS) is 13.4. The molecule has 1 aromatic heterocycles. The maximum Gasteiger partial charge on any atom is 0.258 e. The minimum absolute atomic E-state index is 0.0863. The molecule has 2 rings (SSSR count). The van der Waals surface area contributed by atoms with Crippen molar-refractivity contribution in [3.63, 3.8) is 0 Å². The molecule has 0 spiro atoms. The number of ether oxygens (including phenoxy) is 1. The van der Waals surface area contributed by atoms with Crippen molar-refractivity contribution in [1.82, 2.24) is 19.8 Å². The van der Waals surface area contributed by atoms with Crippen molar-refractivity contribution in [1.29, 1.82) is 0 Å². The molecule has 0 saturated carbocycles. The maximum atomic E-state index is 11.8. The van der Waals surface area contributed by atoms with Crippen molar-refractivity contribution in [2.24, 2.45) is 0 Å². The Morgan fingerprint density at radius 2 is 1.88 bits per heavy atom. The molecule has 1 unspecified atom stereocenters. The first-order valence-corrected chi connectivity index (χ1v) is 8.36. The Morgan fingerprint density at radius 1 is 1.17 bits per heavy atom. The number of H-pyrrole nitrogens is 1. The topological polar surface area (TPSA) is 61.5 Å². The van der Waals surface area contributed by atoms with Gasteiger partial charge in [0.05, 0.1) is 17.2 Å². The van der Waals surface area contributed by atoms with Gasteiger partial charge in [0.1, 0.15) is 5.75 Å². The molecule has 0 aliphatic rings. The number of fused-ring (bicyclic) bond motifs is 1. The monoisotopic (exact) mass is 332 g/mol. The summed E-state index contributed by atoms with van der Waals surface area (Å²) in [6.45, 7) is 9.41. The Morgan fingerprint density at radius 3 is 2.50 bits per heavy atom. The first-order valence-electron chi connectivity index (χ1n) is 8.36. The summed E-state index contributed by atoms with van der Waals surface area (Å²) in [6.07, 6.45) is 1.33. The molecule has 0 fully saturated rings. The van der Waals surface area contributed by atoms with Crippen LogP contribution in [0.15, 0.2) is 29.3 Å². The zero-order chi connectivity index (χ0) is 17.9. The Bertz CT molecular complexity index is 726. The lowest BCUT2D eigenvalue weighted by Gasteiger charge is -2.35. The number of nitrogens with one attached hydrogen (secondary N) is 1. The summed E-state index contributed by atoms with van der Waals surface area (Å²) in [5.74, 6) is 0.718. The largest absolute Gasteiger partial charge is 0.474 e. The van der Waals surface area contributed by atoms with E-state index in [-0.39, 0.29) is 11.8 Å². The highest BCUT2D eigenvalue weighted by Crippen LogP contribution is 2.19. The fourth-order valence-corrected chi connectivity index (χ4v) is 2.32. The summed E-state index contributed by atoms with van der Waals surface area (Å²) < 4.78 is 6.24. The average molecular weight is 332 g/mol. The molecule has 0 radical (unpaired) electrons. The van der Waals surface area contributed by atoms with Gasteiger partial charge >= 0.3 is 0 Å². The van der Waals surface area contributed by atoms with Crippen LogP contribution in [-0.4, -0.2) is 58.7 Å². The van der Waals surface area contributed by atoms with Crippen LogP contribution in [0.3, 0.4) is 0 Å². The molecule has 24 heavy (non-hydrogen) atoms. The number of hydrogen-bond acceptors (Lipinski definition) is 5. The third kappa shape index (κ3) is 4.33. The van der Waals surface area contributed by atoms with E-state index in [1.54, 1.807) is 6.07 Å². The Labute approximate surface area is 143 Å². The van der Waals surface area contributed by atoms with Crippen LogP contribution < -0.4 is 10.3 Å². The second-order valence-corrected chi connectivity index (χ2v) is 6.78. The molecule has 2 aromatic rings. The molecule has 1 atom stereocenters. The van der Waals surface area contributed by atoms with E-state index in [1.807, 2.05) is 12.1 Å². The van der Waals surface area contributed by atoms with Gasteiger partial charge in [0.25, 0.3) is 5.56 Å². The van der Waals surface area contributed by atoms with E-state index in [4.69, 9.17) is 4.74 Å². The summed E-state index contributed by atoms with van der Waals surface area (Å²) in [5.41, 5.74) is 0.501. The molecular formula is C18H28N4O2. The highest BCUT2D eigenvalue weighted by molar-refractivity contribution is 5.78. The maximum absolute atomic E-state index is 11.8. The lowest BCUT2D eigenvalue weighted by Crippen LogP contribution is -2.48. The van der Waals surface area contributed by atoms with Gasteiger partial charge in [0.15, 0.2) is 6.23 Å². The van der Waals surface area contributed by atoms with Gasteiger partial charge in [-0.05, 0) is 53.9 Å². The Hall–Kier alpha value is -1.92. The summed E-state index contributed by atoms with van der Waals surface area (Å²) in [5, 5.41) is 0.568. The average Bonchev–Trinajstić information content (AvgIpc) is 2.53. The zero-order valence-electron chi connectivity index (χ0n) is 15.4. The molecule has 0 bridgehead atoms. The lowest BCUT2D eigenvalue weighted by atomic mass is 10.2. The van der Waals surface area contributed by atoms with Crippen molar-refractivity contribution in [2.75, 3.05) is 20.6 Å². The number of rotatable bonds is 7. The second-order valence-electron chi connectivity index (χ2n) is 6.78. The van der Waals surface area contributed by atoms with E-state index in [2.05, 4.69) is 61.6 Å². The molecule has 6 nitrogen and oxygen atoms in total. The fraction of sp³-hybridized carbons (Fsp3) is 0.556. The van der Waals surface area contributed by atoms with Crippen LogP contribution >= 0.6 is 0 Å². The number of aromatic amines is 1. The van der Waals surface area contributed by atoms with Crippen LogP contribution in [0.2, 0.25) is 0 Å². The molecule has 6 heteroatoms. The molecule has 0 amide bonds. The van der Waals surface area contributed by atoms with Crippen molar-refractivity contribution >= 4 is 10.9 Å². The van der Waals surface area contributed by atoms with Crippen LogP contribution in [0, 0.1) is 0 Å². The van der Waals surface area contributed by atoms with Crippen LogP contribution in [0.5, 0.6) is 5.75 Å². The van der Waals surface area contributed by atoms with Gasteiger partial charge in [0, 0.05) is 24.7 Å². The highest BCUT2D eigenvalue weighted by atomic mass is 16.5. The number of benzene rings is 1. The van der Waals surface area contributed by atoms with E-state index in [9.17, 15) is 4.79 Å². The van der Waals surface area contributed by atoms with Gasteiger partial charge in [-0.25, -0.2) is 4.98 Å². The van der Waals surface area contributed by atoms with Crippen molar-refractivity contribution in [3.05, 3.63) is 34.9 Å². The highest BCUT2D eigenvalue weighted by Gasteiger charge is 2.22. The van der Waals surface area contributed by atoms with Gasteiger partial charge in [-0.15, -0.1) is 0 Å². The summed E-state index contributed by atoms with van der Waals surface area (Å²) in [7, 11) is 4.16. The van der Waals surface area contributed by atoms with Crippen LogP contribution in [0.1, 0.15) is 27.7 Å². The SMILES string of the molecule is CC(C)N(C)CC(Oc1ccc2c(=O)[nH]cnc2c1)N(C)C(C)C. The smallest absolute Gasteiger partial charge is 0.258 e. The van der Waals surface area contributed by atoms with Gasteiger partial charge in [-0.1, -0.05) is 0 Å². The molecule has 0 aliphatic heterocycles. The zero-order valence-corrected chi connectivity index (χ0v) is 15.4. The molecular weight excluding hydrogens is 304 g/mol. The molecule has 0 saturated heterocycles. The minimum atomic E-state index is -0.137. The van der Waals surface area contributed by atoms with E-state index in [0.29, 0.717) is 23.0 Å². The van der Waals surface area contributed by atoms with E-state index >= 15 is 0 Å². The summed E-state index contributed by atoms with van der Waals surface area (Å²) >= 11 is 0.